The average molecular weight is 342 g/mol. The summed E-state index contributed by atoms with van der Waals surface area (Å²) in [6, 6.07) is 7.86. The van der Waals surface area contributed by atoms with Crippen molar-refractivity contribution in [3.8, 4) is 0 Å². The van der Waals surface area contributed by atoms with Gasteiger partial charge in [-0.2, -0.15) is 0 Å². The largest absolute Gasteiger partial charge is 0.379 e. The summed E-state index contributed by atoms with van der Waals surface area (Å²) in [6.07, 6.45) is 6.87. The summed E-state index contributed by atoms with van der Waals surface area (Å²) in [5.74, 6) is 1.69. The van der Waals surface area contributed by atoms with E-state index in [9.17, 15) is 4.39 Å². The Morgan fingerprint density at radius 3 is 2.72 bits per heavy atom. The number of fused-ring (bicyclic) bond motifs is 1. The number of ether oxygens (including phenoxy) is 1. The number of nitrogens with one attached hydrogen (secondary N) is 1. The van der Waals surface area contributed by atoms with Crippen molar-refractivity contribution in [2.24, 2.45) is 11.8 Å². The molecule has 1 aliphatic carbocycles. The number of nitrogens with zero attached hydrogens (tertiary/aromatic N) is 3. The summed E-state index contributed by atoms with van der Waals surface area (Å²) < 4.78 is 19.8. The van der Waals surface area contributed by atoms with Crippen molar-refractivity contribution in [3.63, 3.8) is 0 Å². The third-order valence-electron chi connectivity index (χ3n) is 5.51. The standard InChI is InChI=1S/C19H23FN4O/c1-25-18-9-14-12-24(17-5-7-21-10-15(17)20)11-13(14)8-16(18)23-19-4-2-3-6-22-19/h2-7,10,13-14,16,18H,8-9,11-12H2,1H3,(H,22,23)/t13-,14+,16-,18-/m1/s1. The molecule has 1 saturated carbocycles. The van der Waals surface area contributed by atoms with Crippen molar-refractivity contribution in [2.75, 3.05) is 30.4 Å². The van der Waals surface area contributed by atoms with Crippen LogP contribution in [0.5, 0.6) is 0 Å². The van der Waals surface area contributed by atoms with E-state index in [1.54, 1.807) is 25.6 Å². The van der Waals surface area contributed by atoms with Crippen molar-refractivity contribution in [2.45, 2.75) is 25.0 Å². The molecule has 0 unspecified atom stereocenters. The SMILES string of the molecule is CO[C@@H]1C[C@H]2CN(c3ccncc3F)C[C@H]2C[C@H]1Nc1ccccn1. The molecular weight excluding hydrogens is 319 g/mol. The number of methoxy groups -OCH3 is 1. The highest BCUT2D eigenvalue weighted by Gasteiger charge is 2.43. The molecule has 6 heteroatoms. The van der Waals surface area contributed by atoms with Gasteiger partial charge in [-0.1, -0.05) is 6.07 Å². The second kappa shape index (κ2) is 6.96. The minimum absolute atomic E-state index is 0.144. The fraction of sp³-hybridized carbons (Fsp3) is 0.474. The maximum absolute atomic E-state index is 14.1. The molecule has 5 nitrogen and oxygen atoms in total. The Bertz CT molecular complexity index is 714. The van der Waals surface area contributed by atoms with Gasteiger partial charge in [0, 0.05) is 32.6 Å². The number of halogens is 1. The van der Waals surface area contributed by atoms with Crippen molar-refractivity contribution in [3.05, 3.63) is 48.7 Å². The Kier molecular flexibility index (Phi) is 4.53. The minimum atomic E-state index is -0.243. The Morgan fingerprint density at radius 1 is 1.16 bits per heavy atom. The molecule has 0 aromatic carbocycles. The van der Waals surface area contributed by atoms with Gasteiger partial charge in [0.25, 0.3) is 0 Å². The van der Waals surface area contributed by atoms with Crippen LogP contribution in [0.4, 0.5) is 15.9 Å². The number of pyridine rings is 2. The molecule has 2 aliphatic rings. The maximum atomic E-state index is 14.1. The number of aromatic nitrogens is 2. The van der Waals surface area contributed by atoms with Crippen LogP contribution in [0.2, 0.25) is 0 Å². The van der Waals surface area contributed by atoms with E-state index in [2.05, 4.69) is 20.2 Å². The topological polar surface area (TPSA) is 50.3 Å². The molecule has 2 aromatic rings. The molecule has 0 bridgehead atoms. The quantitative estimate of drug-likeness (QED) is 0.926. The highest BCUT2D eigenvalue weighted by Crippen LogP contribution is 2.40. The summed E-state index contributed by atoms with van der Waals surface area (Å²) in [4.78, 5) is 10.4. The lowest BCUT2D eigenvalue weighted by atomic mass is 9.77. The molecule has 2 aromatic heterocycles. The smallest absolute Gasteiger partial charge is 0.164 e. The van der Waals surface area contributed by atoms with Gasteiger partial charge >= 0.3 is 0 Å². The van der Waals surface area contributed by atoms with E-state index in [1.807, 2.05) is 18.2 Å². The molecule has 4 atom stereocenters. The minimum Gasteiger partial charge on any atom is -0.379 e. The molecule has 4 rings (SSSR count). The van der Waals surface area contributed by atoms with E-state index in [0.29, 0.717) is 17.5 Å². The normalized spacial score (nSPS) is 28.6. The average Bonchev–Trinajstić information content (AvgIpc) is 3.05. The highest BCUT2D eigenvalue weighted by atomic mass is 19.1. The summed E-state index contributed by atoms with van der Waals surface area (Å²) in [5, 5.41) is 3.52. The summed E-state index contributed by atoms with van der Waals surface area (Å²) >= 11 is 0. The molecule has 0 spiro atoms. The van der Waals surface area contributed by atoms with E-state index in [1.165, 1.54) is 6.20 Å². The summed E-state index contributed by atoms with van der Waals surface area (Å²) in [7, 11) is 1.77. The fourth-order valence-corrected chi connectivity index (χ4v) is 4.28. The number of anilines is 2. The van der Waals surface area contributed by atoms with Crippen LogP contribution in [0.1, 0.15) is 12.8 Å². The van der Waals surface area contributed by atoms with Gasteiger partial charge in [0.05, 0.1) is 24.0 Å². The van der Waals surface area contributed by atoms with Crippen LogP contribution in [0.3, 0.4) is 0 Å². The molecular formula is C19H23FN4O. The Labute approximate surface area is 147 Å². The molecule has 0 radical (unpaired) electrons. The van der Waals surface area contributed by atoms with Crippen LogP contribution < -0.4 is 10.2 Å². The Hall–Kier alpha value is -2.21. The second-order valence-corrected chi connectivity index (χ2v) is 6.96. The Balaban J connectivity index is 1.48. The molecule has 2 fully saturated rings. The molecule has 132 valence electrons. The predicted octanol–water partition coefficient (Wildman–Crippen LogP) is 2.96. The van der Waals surface area contributed by atoms with Gasteiger partial charge in [0.1, 0.15) is 5.82 Å². The van der Waals surface area contributed by atoms with E-state index >= 15 is 0 Å². The van der Waals surface area contributed by atoms with E-state index < -0.39 is 0 Å². The zero-order valence-corrected chi connectivity index (χ0v) is 14.3. The van der Waals surface area contributed by atoms with Crippen LogP contribution in [-0.2, 0) is 4.74 Å². The van der Waals surface area contributed by atoms with Crippen LogP contribution in [0.15, 0.2) is 42.9 Å². The van der Waals surface area contributed by atoms with E-state index in [0.717, 1.165) is 31.7 Å². The van der Waals surface area contributed by atoms with Gasteiger partial charge in [0.2, 0.25) is 0 Å². The first-order valence-electron chi connectivity index (χ1n) is 8.79. The van der Waals surface area contributed by atoms with Crippen molar-refractivity contribution < 1.29 is 9.13 Å². The van der Waals surface area contributed by atoms with Crippen molar-refractivity contribution >= 4 is 11.5 Å². The monoisotopic (exact) mass is 342 g/mol. The zero-order valence-electron chi connectivity index (χ0n) is 14.3. The molecule has 3 heterocycles. The lowest BCUT2D eigenvalue weighted by Crippen LogP contribution is -2.44. The molecule has 1 saturated heterocycles. The van der Waals surface area contributed by atoms with Gasteiger partial charge in [-0.05, 0) is 42.9 Å². The zero-order chi connectivity index (χ0) is 17.2. The van der Waals surface area contributed by atoms with Crippen LogP contribution in [-0.4, -0.2) is 42.3 Å². The van der Waals surface area contributed by atoms with Gasteiger partial charge in [-0.15, -0.1) is 0 Å². The molecule has 1 aliphatic heterocycles. The number of rotatable bonds is 4. The first kappa shape index (κ1) is 16.3. The van der Waals surface area contributed by atoms with Crippen molar-refractivity contribution in [1.29, 1.82) is 0 Å². The van der Waals surface area contributed by atoms with Crippen LogP contribution in [0, 0.1) is 17.7 Å². The van der Waals surface area contributed by atoms with E-state index in [-0.39, 0.29) is 18.0 Å². The second-order valence-electron chi connectivity index (χ2n) is 6.96. The number of hydrogen-bond acceptors (Lipinski definition) is 5. The molecule has 0 amide bonds. The van der Waals surface area contributed by atoms with Gasteiger partial charge in [-0.25, -0.2) is 9.37 Å². The molecule has 25 heavy (non-hydrogen) atoms. The van der Waals surface area contributed by atoms with E-state index in [4.69, 9.17) is 4.74 Å². The maximum Gasteiger partial charge on any atom is 0.164 e. The summed E-state index contributed by atoms with van der Waals surface area (Å²) in [5.41, 5.74) is 0.660. The summed E-state index contributed by atoms with van der Waals surface area (Å²) in [6.45, 7) is 1.75. The van der Waals surface area contributed by atoms with Crippen LogP contribution >= 0.6 is 0 Å². The first-order chi connectivity index (χ1) is 12.2. The van der Waals surface area contributed by atoms with Gasteiger partial charge < -0.3 is 15.0 Å². The third kappa shape index (κ3) is 3.31. The fourth-order valence-electron chi connectivity index (χ4n) is 4.28. The third-order valence-corrected chi connectivity index (χ3v) is 5.51. The molecule has 1 N–H and O–H groups in total. The lowest BCUT2D eigenvalue weighted by molar-refractivity contribution is 0.0305. The predicted molar refractivity (Wildman–Crippen MR) is 95.1 cm³/mol. The van der Waals surface area contributed by atoms with Crippen LogP contribution in [0.25, 0.3) is 0 Å². The van der Waals surface area contributed by atoms with Gasteiger partial charge in [-0.3, -0.25) is 4.98 Å². The highest BCUT2D eigenvalue weighted by molar-refractivity contribution is 5.47. The Morgan fingerprint density at radius 2 is 2.00 bits per heavy atom. The first-order valence-corrected chi connectivity index (χ1v) is 8.79. The van der Waals surface area contributed by atoms with Gasteiger partial charge in [0.15, 0.2) is 5.82 Å². The van der Waals surface area contributed by atoms with Crippen molar-refractivity contribution in [1.82, 2.24) is 9.97 Å². The number of hydrogen-bond donors (Lipinski definition) is 1. The lowest BCUT2D eigenvalue weighted by Gasteiger charge is -2.37.